The van der Waals surface area contributed by atoms with Crippen LogP contribution >= 0.6 is 0 Å². The first kappa shape index (κ1) is 16.9. The summed E-state index contributed by atoms with van der Waals surface area (Å²) in [7, 11) is 0. The van der Waals surface area contributed by atoms with Gasteiger partial charge >= 0.3 is 11.9 Å². The van der Waals surface area contributed by atoms with E-state index in [-0.39, 0.29) is 23.4 Å². The van der Waals surface area contributed by atoms with Crippen molar-refractivity contribution in [2.24, 2.45) is 10.2 Å². The largest absolute Gasteiger partial charge is 0.508 e. The van der Waals surface area contributed by atoms with Crippen LogP contribution < -0.4 is 0 Å². The summed E-state index contributed by atoms with van der Waals surface area (Å²) in [6, 6.07) is 8.42. The highest BCUT2D eigenvalue weighted by molar-refractivity contribution is 5.91. The molecule has 0 fully saturated rings. The predicted octanol–water partition coefficient (Wildman–Crippen LogP) is 2.58. The van der Waals surface area contributed by atoms with Crippen molar-refractivity contribution in [3.63, 3.8) is 0 Å². The zero-order valence-electron chi connectivity index (χ0n) is 12.3. The molecule has 0 saturated carbocycles. The van der Waals surface area contributed by atoms with Crippen molar-refractivity contribution in [3.05, 3.63) is 53.6 Å². The molecular formula is C16H14N2O6. The van der Waals surface area contributed by atoms with Crippen LogP contribution in [0, 0.1) is 0 Å². The number of aromatic hydroxyl groups is 2. The van der Waals surface area contributed by atoms with Gasteiger partial charge in [0.1, 0.15) is 17.1 Å². The average molecular weight is 330 g/mol. The molecule has 0 heterocycles. The minimum absolute atomic E-state index is 0.0585. The van der Waals surface area contributed by atoms with E-state index >= 15 is 0 Å². The summed E-state index contributed by atoms with van der Waals surface area (Å²) in [6.45, 7) is 0. The number of phenols is 2. The number of hydrogen-bond donors (Lipinski definition) is 4. The molecule has 124 valence electrons. The highest BCUT2D eigenvalue weighted by Gasteiger charge is 2.17. The van der Waals surface area contributed by atoms with Crippen LogP contribution in [0.25, 0.3) is 0 Å². The lowest BCUT2D eigenvalue weighted by molar-refractivity contribution is -0.138. The Labute approximate surface area is 136 Å². The number of nitrogens with zero attached hydrogens (tertiary/aromatic N) is 2. The van der Waals surface area contributed by atoms with E-state index in [0.29, 0.717) is 5.56 Å². The second-order valence-corrected chi connectivity index (χ2v) is 4.95. The fourth-order valence-corrected chi connectivity index (χ4v) is 1.93. The lowest BCUT2D eigenvalue weighted by atomic mass is 10.1. The first-order valence-electron chi connectivity index (χ1n) is 6.84. The minimum atomic E-state index is -1.33. The number of benzene rings is 2. The monoisotopic (exact) mass is 330 g/mol. The molecule has 0 aliphatic carbocycles. The maximum atomic E-state index is 11.3. The van der Waals surface area contributed by atoms with Gasteiger partial charge in [0.05, 0.1) is 5.69 Å². The third kappa shape index (κ3) is 4.29. The number of rotatable bonds is 6. The van der Waals surface area contributed by atoms with E-state index < -0.39 is 23.7 Å². The molecule has 0 aromatic heterocycles. The van der Waals surface area contributed by atoms with Crippen LogP contribution in [0.1, 0.15) is 15.9 Å². The predicted molar refractivity (Wildman–Crippen MR) is 82.8 cm³/mol. The van der Waals surface area contributed by atoms with Gasteiger partial charge in [-0.05, 0) is 35.9 Å². The van der Waals surface area contributed by atoms with E-state index in [1.807, 2.05) is 0 Å². The van der Waals surface area contributed by atoms with Crippen LogP contribution in [0.15, 0.2) is 52.7 Å². The Hall–Kier alpha value is -3.42. The van der Waals surface area contributed by atoms with E-state index in [2.05, 4.69) is 10.2 Å². The molecule has 0 saturated heterocycles. The van der Waals surface area contributed by atoms with Crippen LogP contribution in [0.4, 0.5) is 5.69 Å². The minimum Gasteiger partial charge on any atom is -0.508 e. The Kier molecular flexibility index (Phi) is 5.10. The number of hydrogen-bond acceptors (Lipinski definition) is 6. The van der Waals surface area contributed by atoms with Gasteiger partial charge in [0, 0.05) is 6.42 Å². The Morgan fingerprint density at radius 1 is 1.00 bits per heavy atom. The summed E-state index contributed by atoms with van der Waals surface area (Å²) in [5.74, 6) is -2.87. The number of carboxylic acid groups (broad SMARTS) is 2. The van der Waals surface area contributed by atoms with E-state index in [0.717, 1.165) is 12.1 Å². The summed E-state index contributed by atoms with van der Waals surface area (Å²) in [4.78, 5) is 22.2. The summed E-state index contributed by atoms with van der Waals surface area (Å²) < 4.78 is 0. The van der Waals surface area contributed by atoms with Crippen molar-refractivity contribution < 1.29 is 30.0 Å². The molecule has 24 heavy (non-hydrogen) atoms. The molecule has 8 nitrogen and oxygen atoms in total. The molecule has 0 bridgehead atoms. The molecule has 0 aliphatic heterocycles. The van der Waals surface area contributed by atoms with Crippen molar-refractivity contribution in [1.82, 2.24) is 0 Å². The molecular weight excluding hydrogens is 316 g/mol. The van der Waals surface area contributed by atoms with Gasteiger partial charge in [0.15, 0.2) is 6.04 Å². The number of aromatic carboxylic acids is 1. The summed E-state index contributed by atoms with van der Waals surface area (Å²) in [6.07, 6.45) is 0.0585. The molecule has 4 N–H and O–H groups in total. The van der Waals surface area contributed by atoms with Gasteiger partial charge in [-0.15, -0.1) is 0 Å². The zero-order valence-corrected chi connectivity index (χ0v) is 12.3. The summed E-state index contributed by atoms with van der Waals surface area (Å²) in [5, 5.41) is 44.3. The van der Waals surface area contributed by atoms with E-state index in [9.17, 15) is 24.9 Å². The normalized spacial score (nSPS) is 12.2. The second kappa shape index (κ2) is 7.23. The van der Waals surface area contributed by atoms with Crippen LogP contribution in [0.2, 0.25) is 0 Å². The van der Waals surface area contributed by atoms with Gasteiger partial charge in [0.2, 0.25) is 0 Å². The van der Waals surface area contributed by atoms with E-state index in [1.54, 1.807) is 12.1 Å². The topological polar surface area (TPSA) is 140 Å². The van der Waals surface area contributed by atoms with E-state index in [1.165, 1.54) is 18.2 Å². The highest BCUT2D eigenvalue weighted by atomic mass is 16.4. The molecule has 0 radical (unpaired) electrons. The third-order valence-electron chi connectivity index (χ3n) is 3.17. The molecule has 0 aliphatic rings. The van der Waals surface area contributed by atoms with Crippen LogP contribution in [-0.2, 0) is 11.2 Å². The summed E-state index contributed by atoms with van der Waals surface area (Å²) in [5.41, 5.74) is 0.412. The van der Waals surface area contributed by atoms with Crippen molar-refractivity contribution in [3.8, 4) is 11.5 Å². The Bertz CT molecular complexity index is 786. The average Bonchev–Trinajstić information content (AvgIpc) is 2.54. The van der Waals surface area contributed by atoms with Crippen LogP contribution in [-0.4, -0.2) is 38.4 Å². The number of azo groups is 1. The molecule has 2 aromatic rings. The maximum Gasteiger partial charge on any atom is 0.339 e. The third-order valence-corrected chi connectivity index (χ3v) is 3.17. The second-order valence-electron chi connectivity index (χ2n) is 4.95. The van der Waals surface area contributed by atoms with E-state index in [4.69, 9.17) is 5.11 Å². The lowest BCUT2D eigenvalue weighted by Crippen LogP contribution is -2.20. The Balaban J connectivity index is 2.19. The van der Waals surface area contributed by atoms with Crippen molar-refractivity contribution >= 4 is 17.6 Å². The van der Waals surface area contributed by atoms with Crippen LogP contribution in [0.3, 0.4) is 0 Å². The fourth-order valence-electron chi connectivity index (χ4n) is 1.93. The number of phenolic OH excluding ortho intramolecular Hbond substituents is 1. The van der Waals surface area contributed by atoms with Crippen molar-refractivity contribution in [2.45, 2.75) is 12.5 Å². The van der Waals surface area contributed by atoms with Gasteiger partial charge in [0.25, 0.3) is 0 Å². The lowest BCUT2D eigenvalue weighted by Gasteiger charge is -2.07. The van der Waals surface area contributed by atoms with Gasteiger partial charge < -0.3 is 20.4 Å². The summed E-state index contributed by atoms with van der Waals surface area (Å²) >= 11 is 0. The smallest absolute Gasteiger partial charge is 0.339 e. The Morgan fingerprint density at radius 2 is 1.67 bits per heavy atom. The molecule has 0 spiro atoms. The van der Waals surface area contributed by atoms with Crippen LogP contribution in [0.5, 0.6) is 11.5 Å². The quantitative estimate of drug-likeness (QED) is 0.600. The number of carboxylic acids is 2. The number of aliphatic carboxylic acids is 1. The van der Waals surface area contributed by atoms with Gasteiger partial charge in [-0.25, -0.2) is 9.59 Å². The highest BCUT2D eigenvalue weighted by Crippen LogP contribution is 2.24. The molecule has 0 unspecified atom stereocenters. The van der Waals surface area contributed by atoms with Crippen molar-refractivity contribution in [2.75, 3.05) is 0 Å². The van der Waals surface area contributed by atoms with Gasteiger partial charge in [-0.3, -0.25) is 0 Å². The van der Waals surface area contributed by atoms with Gasteiger partial charge in [-0.2, -0.15) is 10.2 Å². The Morgan fingerprint density at radius 3 is 2.25 bits per heavy atom. The molecule has 2 rings (SSSR count). The molecule has 0 amide bonds. The first-order valence-corrected chi connectivity index (χ1v) is 6.84. The zero-order chi connectivity index (χ0) is 17.7. The number of carbonyl (C=O) groups is 2. The standard InChI is InChI=1S/C16H14N2O6/c19-11-4-1-9(2-5-11)7-13(16(23)24)18-17-10-3-6-14(20)12(8-10)15(21)22/h1-6,8,13,19-20H,7H2,(H,21,22)(H,23,24)/t13-/m0/s1. The SMILES string of the molecule is O=C(O)c1cc(N=N[C@@H](Cc2ccc(O)cc2)C(=O)O)ccc1O. The maximum absolute atomic E-state index is 11.3. The molecule has 1 atom stereocenters. The first-order chi connectivity index (χ1) is 11.4. The van der Waals surface area contributed by atoms with Gasteiger partial charge in [-0.1, -0.05) is 12.1 Å². The molecule has 2 aromatic carbocycles. The fraction of sp³-hybridized carbons (Fsp3) is 0.125. The molecule has 8 heteroatoms. The van der Waals surface area contributed by atoms with Crippen molar-refractivity contribution in [1.29, 1.82) is 0 Å².